The fourth-order valence-corrected chi connectivity index (χ4v) is 3.35. The summed E-state index contributed by atoms with van der Waals surface area (Å²) in [5.41, 5.74) is 9.27. The van der Waals surface area contributed by atoms with Crippen LogP contribution in [0, 0.1) is 0 Å². The molecule has 1 aromatic heterocycles. The fourth-order valence-electron chi connectivity index (χ4n) is 3.35. The number of hydrogen-bond donors (Lipinski definition) is 1. The zero-order valence-corrected chi connectivity index (χ0v) is 14.1. The van der Waals surface area contributed by atoms with Gasteiger partial charge in [-0.25, -0.2) is 0 Å². The second-order valence-electron chi connectivity index (χ2n) is 6.39. The summed E-state index contributed by atoms with van der Waals surface area (Å²) in [6.07, 6.45) is 3.52. The van der Waals surface area contributed by atoms with Gasteiger partial charge in [0.05, 0.1) is 6.54 Å². The smallest absolute Gasteiger partial charge is 0.254 e. The van der Waals surface area contributed by atoms with E-state index < -0.39 is 5.91 Å². The lowest BCUT2D eigenvalue weighted by molar-refractivity contribution is -0.114. The Morgan fingerprint density at radius 3 is 2.58 bits per heavy atom. The molecule has 0 saturated heterocycles. The van der Waals surface area contributed by atoms with Crippen molar-refractivity contribution in [2.24, 2.45) is 5.73 Å². The lowest BCUT2D eigenvalue weighted by Gasteiger charge is -2.15. The number of primary amides is 1. The van der Waals surface area contributed by atoms with Crippen molar-refractivity contribution in [3.8, 4) is 11.1 Å². The Labute approximate surface area is 150 Å². The molecule has 2 aromatic carbocycles. The van der Waals surface area contributed by atoms with Gasteiger partial charge in [0, 0.05) is 30.1 Å². The van der Waals surface area contributed by atoms with Crippen molar-refractivity contribution in [2.75, 3.05) is 6.54 Å². The molecule has 26 heavy (non-hydrogen) atoms. The van der Waals surface area contributed by atoms with Crippen molar-refractivity contribution in [3.05, 3.63) is 78.1 Å². The molecule has 0 unspecified atom stereocenters. The van der Waals surface area contributed by atoms with Crippen molar-refractivity contribution in [1.82, 2.24) is 9.88 Å². The molecule has 0 radical (unpaired) electrons. The summed E-state index contributed by atoms with van der Waals surface area (Å²) in [5, 5.41) is 2.11. The topological polar surface area (TPSA) is 76.3 Å². The van der Waals surface area contributed by atoms with E-state index in [-0.39, 0.29) is 18.0 Å². The molecule has 0 fully saturated rings. The molecule has 5 nitrogen and oxygen atoms in total. The third-order valence-electron chi connectivity index (χ3n) is 4.74. The zero-order chi connectivity index (χ0) is 18.3. The zero-order valence-electron chi connectivity index (χ0n) is 14.1. The van der Waals surface area contributed by atoms with E-state index in [2.05, 4.69) is 29.8 Å². The van der Waals surface area contributed by atoms with Gasteiger partial charge in [-0.05, 0) is 51.7 Å². The molecule has 5 heteroatoms. The number of benzene rings is 2. The van der Waals surface area contributed by atoms with Crippen LogP contribution in [0.25, 0.3) is 21.9 Å². The Morgan fingerprint density at radius 2 is 1.85 bits per heavy atom. The molecule has 1 aliphatic rings. The number of hydrogen-bond acceptors (Lipinski definition) is 3. The van der Waals surface area contributed by atoms with Gasteiger partial charge >= 0.3 is 0 Å². The van der Waals surface area contributed by atoms with Crippen LogP contribution in [0.4, 0.5) is 0 Å². The van der Waals surface area contributed by atoms with Gasteiger partial charge in [0.2, 0.25) is 5.91 Å². The fraction of sp³-hybridized carbons (Fsp3) is 0.0952. The summed E-state index contributed by atoms with van der Waals surface area (Å²) in [6.45, 7) is 4.25. The van der Waals surface area contributed by atoms with Crippen LogP contribution in [-0.2, 0) is 11.3 Å². The minimum atomic E-state index is -0.585. The molecule has 4 rings (SSSR count). The van der Waals surface area contributed by atoms with Crippen LogP contribution >= 0.6 is 0 Å². The first-order valence-corrected chi connectivity index (χ1v) is 8.27. The summed E-state index contributed by atoms with van der Waals surface area (Å²) < 4.78 is 0. The number of carbonyl (C=O) groups is 2. The summed E-state index contributed by atoms with van der Waals surface area (Å²) >= 11 is 0. The first kappa shape index (κ1) is 16.0. The van der Waals surface area contributed by atoms with Crippen LogP contribution in [0.5, 0.6) is 0 Å². The number of pyridine rings is 1. The Kier molecular flexibility index (Phi) is 3.77. The first-order chi connectivity index (χ1) is 12.5. The van der Waals surface area contributed by atoms with Crippen LogP contribution in [0.3, 0.4) is 0 Å². The molecule has 0 aliphatic carbocycles. The summed E-state index contributed by atoms with van der Waals surface area (Å²) in [5.74, 6) is -0.683. The summed E-state index contributed by atoms with van der Waals surface area (Å²) in [7, 11) is 0. The van der Waals surface area contributed by atoms with Gasteiger partial charge in [-0.15, -0.1) is 0 Å². The number of rotatable bonds is 4. The van der Waals surface area contributed by atoms with Gasteiger partial charge in [-0.2, -0.15) is 0 Å². The second kappa shape index (κ2) is 6.11. The molecule has 0 spiro atoms. The van der Waals surface area contributed by atoms with Crippen LogP contribution < -0.4 is 5.73 Å². The Bertz CT molecular complexity index is 1060. The second-order valence-corrected chi connectivity index (χ2v) is 6.39. The van der Waals surface area contributed by atoms with E-state index in [1.807, 2.05) is 24.3 Å². The lowest BCUT2D eigenvalue weighted by atomic mass is 9.96. The van der Waals surface area contributed by atoms with Crippen LogP contribution in [0.1, 0.15) is 15.9 Å². The highest BCUT2D eigenvalue weighted by Gasteiger charge is 2.29. The summed E-state index contributed by atoms with van der Waals surface area (Å²) in [6, 6.07) is 13.9. The molecule has 3 aromatic rings. The predicted molar refractivity (Wildman–Crippen MR) is 100 cm³/mol. The average molecular weight is 343 g/mol. The highest BCUT2D eigenvalue weighted by Crippen LogP contribution is 2.33. The van der Waals surface area contributed by atoms with Gasteiger partial charge in [0.25, 0.3) is 5.91 Å². The number of fused-ring (bicyclic) bond motifs is 3. The molecule has 0 bridgehead atoms. The minimum absolute atomic E-state index is 0.0985. The molecular formula is C21H17N3O2. The molecule has 0 atom stereocenters. The quantitative estimate of drug-likeness (QED) is 0.740. The third kappa shape index (κ3) is 2.63. The number of aromatic nitrogens is 1. The number of nitrogens with zero attached hydrogens (tertiary/aromatic N) is 2. The van der Waals surface area contributed by atoms with E-state index >= 15 is 0 Å². The monoisotopic (exact) mass is 343 g/mol. The van der Waals surface area contributed by atoms with E-state index in [0.717, 1.165) is 27.5 Å². The van der Waals surface area contributed by atoms with Crippen molar-refractivity contribution >= 4 is 22.6 Å². The predicted octanol–water partition coefficient (Wildman–Crippen LogP) is 2.90. The maximum atomic E-state index is 12.7. The number of nitrogens with two attached hydrogens (primary N) is 1. The van der Waals surface area contributed by atoms with Gasteiger partial charge in [-0.1, -0.05) is 24.8 Å². The molecule has 2 amide bonds. The summed E-state index contributed by atoms with van der Waals surface area (Å²) in [4.78, 5) is 29.6. The Hall–Kier alpha value is -3.47. The van der Waals surface area contributed by atoms with E-state index in [1.54, 1.807) is 17.3 Å². The largest absolute Gasteiger partial charge is 0.366 e. The SMILES string of the molecule is C=C(CN1Cc2c(ccc3ccc(-c4ccncc4)cc23)C1=O)C(N)=O. The maximum absolute atomic E-state index is 12.7. The standard InChI is InChI=1S/C21H17N3O2/c1-13(20(22)25)11-24-12-19-17(21(24)26)5-4-15-2-3-16(10-18(15)19)14-6-8-23-9-7-14/h2-10H,1,11-12H2,(H2,22,25). The van der Waals surface area contributed by atoms with Crippen LogP contribution in [0.2, 0.25) is 0 Å². The molecule has 1 aliphatic heterocycles. The van der Waals surface area contributed by atoms with E-state index in [4.69, 9.17) is 5.73 Å². The number of carbonyl (C=O) groups excluding carboxylic acids is 2. The highest BCUT2D eigenvalue weighted by atomic mass is 16.2. The average Bonchev–Trinajstić information content (AvgIpc) is 2.98. The van der Waals surface area contributed by atoms with Crippen molar-refractivity contribution in [1.29, 1.82) is 0 Å². The lowest BCUT2D eigenvalue weighted by Crippen LogP contribution is -2.30. The van der Waals surface area contributed by atoms with Crippen molar-refractivity contribution in [3.63, 3.8) is 0 Å². The molecule has 2 N–H and O–H groups in total. The molecule has 2 heterocycles. The maximum Gasteiger partial charge on any atom is 0.254 e. The van der Waals surface area contributed by atoms with E-state index in [9.17, 15) is 9.59 Å². The van der Waals surface area contributed by atoms with Crippen molar-refractivity contribution < 1.29 is 9.59 Å². The van der Waals surface area contributed by atoms with Gasteiger partial charge in [0.1, 0.15) is 0 Å². The minimum Gasteiger partial charge on any atom is -0.366 e. The van der Waals surface area contributed by atoms with Gasteiger partial charge in [-0.3, -0.25) is 14.6 Å². The van der Waals surface area contributed by atoms with Gasteiger partial charge in [0.15, 0.2) is 0 Å². The number of amides is 2. The molecule has 128 valence electrons. The van der Waals surface area contributed by atoms with Crippen molar-refractivity contribution in [2.45, 2.75) is 6.54 Å². The first-order valence-electron chi connectivity index (χ1n) is 8.27. The normalized spacial score (nSPS) is 13.1. The third-order valence-corrected chi connectivity index (χ3v) is 4.74. The highest BCUT2D eigenvalue weighted by molar-refractivity contribution is 6.05. The van der Waals surface area contributed by atoms with E-state index in [0.29, 0.717) is 12.1 Å². The van der Waals surface area contributed by atoms with Crippen LogP contribution in [-0.4, -0.2) is 28.2 Å². The van der Waals surface area contributed by atoms with E-state index in [1.165, 1.54) is 0 Å². The van der Waals surface area contributed by atoms with Crippen LogP contribution in [0.15, 0.2) is 67.0 Å². The molecular weight excluding hydrogens is 326 g/mol. The van der Waals surface area contributed by atoms with Gasteiger partial charge < -0.3 is 10.6 Å². The Morgan fingerprint density at radius 1 is 1.12 bits per heavy atom. The Balaban J connectivity index is 1.77. The molecule has 0 saturated carbocycles.